The number of pyridine rings is 1. The maximum absolute atomic E-state index is 13.9. The predicted octanol–water partition coefficient (Wildman–Crippen LogP) is 6.35. The fourth-order valence-electron chi connectivity index (χ4n) is 8.04. The number of piperidine rings is 1. The lowest BCUT2D eigenvalue weighted by atomic mass is 9.86. The van der Waals surface area contributed by atoms with Crippen LogP contribution in [0.1, 0.15) is 70.5 Å². The fourth-order valence-corrected chi connectivity index (χ4v) is 8.04. The van der Waals surface area contributed by atoms with Gasteiger partial charge in [0.15, 0.2) is 0 Å². The van der Waals surface area contributed by atoms with E-state index in [1.807, 2.05) is 19.1 Å². The third kappa shape index (κ3) is 11.3. The number of aromatic amines is 1. The highest BCUT2D eigenvalue weighted by molar-refractivity contribution is 5.94. The monoisotopic (exact) mass is 868 g/mol. The van der Waals surface area contributed by atoms with E-state index in [1.165, 1.54) is 17.7 Å². The van der Waals surface area contributed by atoms with E-state index in [1.54, 1.807) is 78.9 Å². The first-order chi connectivity index (χ1) is 31.1. The number of carbonyl (C=O) groups is 2. The van der Waals surface area contributed by atoms with Crippen molar-refractivity contribution < 1.29 is 39.1 Å². The molecular weight excluding hydrogens is 813 g/mol. The lowest BCUT2D eigenvalue weighted by molar-refractivity contribution is -0.164. The number of benzene rings is 5. The van der Waals surface area contributed by atoms with Gasteiger partial charge in [0, 0.05) is 54.3 Å². The molecule has 5 aromatic carbocycles. The van der Waals surface area contributed by atoms with Crippen LogP contribution in [0.15, 0.2) is 132 Å². The van der Waals surface area contributed by atoms with E-state index in [2.05, 4.69) is 44.8 Å². The molecule has 6 aromatic rings. The molecule has 6 N–H and O–H groups in total. The quantitative estimate of drug-likeness (QED) is 0.0372. The zero-order chi connectivity index (χ0) is 44.9. The number of phenolic OH excluding ortho intramolecular Hbond substituents is 1. The van der Waals surface area contributed by atoms with E-state index >= 15 is 0 Å². The van der Waals surface area contributed by atoms with Gasteiger partial charge in [0.05, 0.1) is 31.4 Å². The zero-order valence-corrected chi connectivity index (χ0v) is 36.0. The first-order valence-electron chi connectivity index (χ1n) is 21.8. The van der Waals surface area contributed by atoms with Gasteiger partial charge in [0.25, 0.3) is 5.91 Å². The lowest BCUT2D eigenvalue weighted by Gasteiger charge is -2.33. The number of aliphatic hydroxyl groups excluding tert-OH is 1. The van der Waals surface area contributed by atoms with Crippen LogP contribution in [0, 0.1) is 5.92 Å². The minimum absolute atomic E-state index is 0.0796. The van der Waals surface area contributed by atoms with E-state index in [-0.39, 0.29) is 48.4 Å². The largest absolute Gasteiger partial charge is 0.506 e. The van der Waals surface area contributed by atoms with Crippen LogP contribution < -0.4 is 25.7 Å². The van der Waals surface area contributed by atoms with Crippen LogP contribution >= 0.6 is 0 Å². The number of H-pyrrole nitrogens is 1. The Morgan fingerprint density at radius 2 is 1.62 bits per heavy atom. The van der Waals surface area contributed by atoms with Crippen molar-refractivity contribution in [2.45, 2.75) is 51.0 Å². The molecular formula is C51H56N4O9. The van der Waals surface area contributed by atoms with Crippen LogP contribution in [-0.4, -0.2) is 83.1 Å². The summed E-state index contributed by atoms with van der Waals surface area (Å²) >= 11 is 0. The average Bonchev–Trinajstić information content (AvgIpc) is 3.32. The number of aliphatic hydroxyl groups is 2. The minimum atomic E-state index is -2.05. The molecule has 7 rings (SSSR count). The van der Waals surface area contributed by atoms with E-state index in [4.69, 9.17) is 14.2 Å². The molecule has 0 radical (unpaired) electrons. The molecule has 13 heteroatoms. The SMILES string of the molecule is CCOc1cc(C(=O)NCCCOc2cccc(C(O)(C(=O)OCC3CCN(Cc4ccccc4)CC3)c3ccccc3)c2)ccc1CNC[C@H](O)c1ccc(O)c2[nH]c(=O)ccc12. The van der Waals surface area contributed by atoms with Crippen LogP contribution in [0.4, 0.5) is 0 Å². The Bertz CT molecular complexity index is 2540. The Morgan fingerprint density at radius 1 is 0.875 bits per heavy atom. The van der Waals surface area contributed by atoms with E-state index in [0.717, 1.165) is 38.0 Å². The number of amides is 1. The first kappa shape index (κ1) is 45.5. The Morgan fingerprint density at radius 3 is 2.39 bits per heavy atom. The second kappa shape index (κ2) is 21.7. The van der Waals surface area contributed by atoms with Crippen molar-refractivity contribution in [2.75, 3.05) is 46.0 Å². The number of aromatic hydroxyl groups is 1. The predicted molar refractivity (Wildman–Crippen MR) is 244 cm³/mol. The van der Waals surface area contributed by atoms with Crippen LogP contribution in [-0.2, 0) is 28.2 Å². The van der Waals surface area contributed by atoms with Crippen molar-refractivity contribution in [3.8, 4) is 17.2 Å². The van der Waals surface area contributed by atoms with Gasteiger partial charge < -0.3 is 45.1 Å². The van der Waals surface area contributed by atoms with E-state index in [0.29, 0.717) is 65.3 Å². The molecule has 1 aliphatic heterocycles. The Labute approximate surface area is 372 Å². The lowest BCUT2D eigenvalue weighted by Crippen LogP contribution is -2.40. The molecule has 1 aliphatic rings. The highest BCUT2D eigenvalue weighted by Crippen LogP contribution is 2.34. The van der Waals surface area contributed by atoms with E-state index < -0.39 is 17.7 Å². The van der Waals surface area contributed by atoms with Gasteiger partial charge in [-0.2, -0.15) is 0 Å². The van der Waals surface area contributed by atoms with Gasteiger partial charge in [-0.15, -0.1) is 0 Å². The second-order valence-corrected chi connectivity index (χ2v) is 16.1. The fraction of sp³-hybridized carbons (Fsp3) is 0.314. The molecule has 64 heavy (non-hydrogen) atoms. The number of likely N-dealkylation sites (tertiary alicyclic amines) is 1. The van der Waals surface area contributed by atoms with Crippen molar-refractivity contribution in [1.82, 2.24) is 20.5 Å². The summed E-state index contributed by atoms with van der Waals surface area (Å²) in [6.45, 7) is 6.29. The third-order valence-corrected chi connectivity index (χ3v) is 11.6. The van der Waals surface area contributed by atoms with Gasteiger partial charge >= 0.3 is 5.97 Å². The number of carbonyl (C=O) groups excluding carboxylic acids is 2. The Hall–Kier alpha value is -6.51. The number of hydrogen-bond donors (Lipinski definition) is 6. The standard InChI is InChI=1S/C51H56N4O9/c1-2-62-46-29-37(17-18-38(46)31-52-32-45(57)42-19-21-44(56)48-43(42)20-22-47(58)54-48)49(59)53-25-10-28-63-41-16-9-15-40(30-41)51(61,39-13-7-4-8-14-39)50(60)64-34-36-23-26-55(27-24-36)33-35-11-5-3-6-12-35/h3-9,11-22,29-30,36,45,52,56-57,61H,2,10,23-28,31-34H2,1H3,(H,53,59)(H,54,58)/t45-,51?/m0/s1. The van der Waals surface area contributed by atoms with Gasteiger partial charge in [-0.3, -0.25) is 14.5 Å². The van der Waals surface area contributed by atoms with Crippen molar-refractivity contribution in [1.29, 1.82) is 0 Å². The number of aromatic nitrogens is 1. The van der Waals surface area contributed by atoms with Gasteiger partial charge in [-0.05, 0) is 98.3 Å². The molecule has 1 saturated heterocycles. The molecule has 0 spiro atoms. The highest BCUT2D eigenvalue weighted by atomic mass is 16.6. The van der Waals surface area contributed by atoms with Crippen molar-refractivity contribution in [2.24, 2.45) is 5.92 Å². The van der Waals surface area contributed by atoms with Crippen LogP contribution in [0.25, 0.3) is 10.9 Å². The van der Waals surface area contributed by atoms with Gasteiger partial charge in [-0.25, -0.2) is 4.79 Å². The highest BCUT2D eigenvalue weighted by Gasteiger charge is 2.42. The van der Waals surface area contributed by atoms with E-state index in [9.17, 15) is 29.7 Å². The average molecular weight is 869 g/mol. The summed E-state index contributed by atoms with van der Waals surface area (Å²) in [4.78, 5) is 43.8. The molecule has 1 amide bonds. The summed E-state index contributed by atoms with van der Waals surface area (Å²) in [5.74, 6) is 0.0991. The van der Waals surface area contributed by atoms with Crippen LogP contribution in [0.3, 0.4) is 0 Å². The summed E-state index contributed by atoms with van der Waals surface area (Å²) in [5, 5.41) is 40.0. The summed E-state index contributed by atoms with van der Waals surface area (Å²) in [6, 6.07) is 37.2. The molecule has 2 atom stereocenters. The van der Waals surface area contributed by atoms with Crippen molar-refractivity contribution >= 4 is 22.8 Å². The summed E-state index contributed by atoms with van der Waals surface area (Å²) in [6.07, 6.45) is 1.35. The molecule has 0 saturated carbocycles. The minimum Gasteiger partial charge on any atom is -0.506 e. The second-order valence-electron chi connectivity index (χ2n) is 16.1. The van der Waals surface area contributed by atoms with Crippen molar-refractivity contribution in [3.05, 3.63) is 171 Å². The maximum atomic E-state index is 13.9. The van der Waals surface area contributed by atoms with Gasteiger partial charge in [-0.1, -0.05) is 84.9 Å². The van der Waals surface area contributed by atoms with Gasteiger partial charge in [0.2, 0.25) is 11.2 Å². The summed E-state index contributed by atoms with van der Waals surface area (Å²) in [7, 11) is 0. The molecule has 334 valence electrons. The number of fused-ring (bicyclic) bond motifs is 1. The number of nitrogens with zero attached hydrogens (tertiary/aromatic N) is 1. The number of phenols is 1. The smallest absolute Gasteiger partial charge is 0.347 e. The molecule has 0 bridgehead atoms. The molecule has 13 nitrogen and oxygen atoms in total. The third-order valence-electron chi connectivity index (χ3n) is 11.6. The maximum Gasteiger partial charge on any atom is 0.347 e. The number of nitrogens with one attached hydrogen (secondary N) is 3. The first-order valence-corrected chi connectivity index (χ1v) is 21.8. The Kier molecular flexibility index (Phi) is 15.4. The number of ether oxygens (including phenoxy) is 3. The van der Waals surface area contributed by atoms with Crippen LogP contribution in [0.5, 0.6) is 17.2 Å². The zero-order valence-electron chi connectivity index (χ0n) is 36.0. The topological polar surface area (TPSA) is 183 Å². The van der Waals surface area contributed by atoms with Crippen LogP contribution in [0.2, 0.25) is 0 Å². The number of esters is 1. The molecule has 2 heterocycles. The normalized spacial score (nSPS) is 14.7. The summed E-state index contributed by atoms with van der Waals surface area (Å²) in [5.41, 5.74) is 1.63. The summed E-state index contributed by atoms with van der Waals surface area (Å²) < 4.78 is 17.8. The molecule has 1 aromatic heterocycles. The molecule has 1 fully saturated rings. The number of rotatable bonds is 20. The molecule has 0 aliphatic carbocycles. The molecule has 1 unspecified atom stereocenters. The number of hydrogen-bond acceptors (Lipinski definition) is 11. The van der Waals surface area contributed by atoms with Gasteiger partial charge in [0.1, 0.15) is 17.2 Å². The van der Waals surface area contributed by atoms with Crippen molar-refractivity contribution in [3.63, 3.8) is 0 Å². The Balaban J connectivity index is 0.889.